The molecule has 4 unspecified atom stereocenters. The number of halogens is 3. The Morgan fingerprint density at radius 2 is 1.97 bits per heavy atom. The van der Waals surface area contributed by atoms with Gasteiger partial charge in [0.1, 0.15) is 23.9 Å². The summed E-state index contributed by atoms with van der Waals surface area (Å²) in [5, 5.41) is 10.9. The van der Waals surface area contributed by atoms with Crippen molar-refractivity contribution < 1.29 is 32.2 Å². The van der Waals surface area contributed by atoms with Crippen LogP contribution >= 0.6 is 0 Å². The Morgan fingerprint density at radius 3 is 2.66 bits per heavy atom. The van der Waals surface area contributed by atoms with E-state index in [1.165, 1.54) is 0 Å². The molecule has 2 saturated heterocycles. The first-order chi connectivity index (χ1) is 13.9. The van der Waals surface area contributed by atoms with Crippen molar-refractivity contribution in [3.8, 4) is 0 Å². The Kier molecular flexibility index (Phi) is 5.28. The highest BCUT2D eigenvalue weighted by atomic mass is 19.4. The molecule has 2 aliphatic heterocycles. The van der Waals surface area contributed by atoms with Crippen molar-refractivity contribution in [3.05, 3.63) is 47.3 Å². The van der Waals surface area contributed by atoms with E-state index in [9.17, 15) is 18.0 Å². The molecule has 0 spiro atoms. The number of fused-ring (bicyclic) bond motifs is 1. The number of methoxy groups -OCH3 is 1. The highest BCUT2D eigenvalue weighted by molar-refractivity contribution is 5.94. The standard InChI is InChI=1S/C18H19F3N4O4/c1-27-7-12-6-25(24-23-12)14-9-29-15-13(8-28-16(14)15)22-17(26)10-2-4-11(5-3-10)18(19,20)21/h2-6,13-16H,7-9H2,1H3,(H,22,26). The summed E-state index contributed by atoms with van der Waals surface area (Å²) in [4.78, 5) is 12.4. The Balaban J connectivity index is 1.39. The highest BCUT2D eigenvalue weighted by Crippen LogP contribution is 2.34. The van der Waals surface area contributed by atoms with E-state index in [1.807, 2.05) is 0 Å². The lowest BCUT2D eigenvalue weighted by Crippen LogP contribution is -2.44. The average Bonchev–Trinajstić information content (AvgIpc) is 3.39. The summed E-state index contributed by atoms with van der Waals surface area (Å²) >= 11 is 0. The molecule has 156 valence electrons. The predicted molar refractivity (Wildman–Crippen MR) is 92.0 cm³/mol. The van der Waals surface area contributed by atoms with Gasteiger partial charge in [0.2, 0.25) is 0 Å². The largest absolute Gasteiger partial charge is 0.416 e. The Labute approximate surface area is 163 Å². The zero-order valence-corrected chi connectivity index (χ0v) is 15.4. The fourth-order valence-electron chi connectivity index (χ4n) is 3.58. The number of benzene rings is 1. The summed E-state index contributed by atoms with van der Waals surface area (Å²) in [6.45, 7) is 0.921. The second-order valence-electron chi connectivity index (χ2n) is 6.94. The van der Waals surface area contributed by atoms with Crippen molar-refractivity contribution in [2.24, 2.45) is 0 Å². The fourth-order valence-corrected chi connectivity index (χ4v) is 3.58. The second-order valence-corrected chi connectivity index (χ2v) is 6.94. The molecule has 29 heavy (non-hydrogen) atoms. The third-order valence-electron chi connectivity index (χ3n) is 5.01. The smallest absolute Gasteiger partial charge is 0.378 e. The minimum Gasteiger partial charge on any atom is -0.378 e. The number of amides is 1. The molecule has 2 aromatic rings. The quantitative estimate of drug-likeness (QED) is 0.803. The maximum atomic E-state index is 12.7. The van der Waals surface area contributed by atoms with E-state index in [1.54, 1.807) is 18.0 Å². The number of carbonyl (C=O) groups excluding carboxylic acids is 1. The lowest BCUT2D eigenvalue weighted by molar-refractivity contribution is -0.137. The van der Waals surface area contributed by atoms with Crippen LogP contribution in [0.5, 0.6) is 0 Å². The highest BCUT2D eigenvalue weighted by Gasteiger charge is 2.49. The molecule has 2 aliphatic rings. The first kappa shape index (κ1) is 19.8. The predicted octanol–water partition coefficient (Wildman–Crippen LogP) is 1.58. The first-order valence-corrected chi connectivity index (χ1v) is 8.98. The lowest BCUT2D eigenvalue weighted by Gasteiger charge is -2.18. The SMILES string of the molecule is COCc1cn(C2COC3C(NC(=O)c4ccc(C(F)(F)F)cc4)COC32)nn1. The van der Waals surface area contributed by atoms with E-state index in [-0.39, 0.29) is 30.4 Å². The number of aromatic nitrogens is 3. The van der Waals surface area contributed by atoms with Crippen LogP contribution in [0, 0.1) is 0 Å². The van der Waals surface area contributed by atoms with Crippen LogP contribution in [0.3, 0.4) is 0 Å². The van der Waals surface area contributed by atoms with Crippen molar-refractivity contribution in [2.75, 3.05) is 20.3 Å². The van der Waals surface area contributed by atoms with Gasteiger partial charge in [0.15, 0.2) is 0 Å². The molecule has 0 bridgehead atoms. The van der Waals surface area contributed by atoms with E-state index < -0.39 is 23.7 Å². The average molecular weight is 412 g/mol. The number of hydrogen-bond donors (Lipinski definition) is 1. The van der Waals surface area contributed by atoms with Gasteiger partial charge in [0.25, 0.3) is 5.91 Å². The number of rotatable bonds is 5. The van der Waals surface area contributed by atoms with E-state index in [2.05, 4.69) is 15.6 Å². The van der Waals surface area contributed by atoms with E-state index in [0.29, 0.717) is 18.9 Å². The van der Waals surface area contributed by atoms with Gasteiger partial charge in [-0.15, -0.1) is 5.10 Å². The van der Waals surface area contributed by atoms with Gasteiger partial charge in [0.05, 0.1) is 37.6 Å². The third-order valence-corrected chi connectivity index (χ3v) is 5.01. The molecular weight excluding hydrogens is 393 g/mol. The van der Waals surface area contributed by atoms with Gasteiger partial charge in [-0.2, -0.15) is 13.2 Å². The summed E-state index contributed by atoms with van der Waals surface area (Å²) in [5.41, 5.74) is 0.0125. The van der Waals surface area contributed by atoms with Crippen LogP contribution in [0.4, 0.5) is 13.2 Å². The molecule has 3 heterocycles. The molecule has 0 saturated carbocycles. The first-order valence-electron chi connectivity index (χ1n) is 8.98. The lowest BCUT2D eigenvalue weighted by atomic mass is 10.1. The van der Waals surface area contributed by atoms with Crippen LogP contribution in [0.2, 0.25) is 0 Å². The van der Waals surface area contributed by atoms with Crippen molar-refractivity contribution in [2.45, 2.75) is 37.1 Å². The molecule has 4 atom stereocenters. The molecule has 1 amide bonds. The molecule has 1 aromatic carbocycles. The summed E-state index contributed by atoms with van der Waals surface area (Å²) in [7, 11) is 1.57. The molecule has 0 aliphatic carbocycles. The molecular formula is C18H19F3N4O4. The van der Waals surface area contributed by atoms with Gasteiger partial charge in [-0.3, -0.25) is 4.79 Å². The van der Waals surface area contributed by atoms with Gasteiger partial charge < -0.3 is 19.5 Å². The zero-order chi connectivity index (χ0) is 20.6. The van der Waals surface area contributed by atoms with Crippen LogP contribution in [0.15, 0.2) is 30.5 Å². The number of nitrogens with one attached hydrogen (secondary N) is 1. The topological polar surface area (TPSA) is 87.5 Å². The van der Waals surface area contributed by atoms with Crippen LogP contribution in [-0.4, -0.2) is 59.5 Å². The maximum absolute atomic E-state index is 12.7. The van der Waals surface area contributed by atoms with Gasteiger partial charge in [-0.05, 0) is 24.3 Å². The monoisotopic (exact) mass is 412 g/mol. The summed E-state index contributed by atoms with van der Waals surface area (Å²) in [5.74, 6) is -0.483. The number of alkyl halides is 3. The Hall–Kier alpha value is -2.50. The number of carbonyl (C=O) groups is 1. The van der Waals surface area contributed by atoms with E-state index in [0.717, 1.165) is 24.3 Å². The van der Waals surface area contributed by atoms with Crippen molar-refractivity contribution in [1.29, 1.82) is 0 Å². The fraction of sp³-hybridized carbons (Fsp3) is 0.500. The van der Waals surface area contributed by atoms with Crippen molar-refractivity contribution >= 4 is 5.91 Å². The number of ether oxygens (including phenoxy) is 3. The molecule has 2 fully saturated rings. The van der Waals surface area contributed by atoms with Crippen LogP contribution in [0.25, 0.3) is 0 Å². The Bertz CT molecular complexity index is 871. The summed E-state index contributed by atoms with van der Waals surface area (Å²) < 4.78 is 56.3. The normalized spacial score (nSPS) is 26.5. The van der Waals surface area contributed by atoms with Gasteiger partial charge in [0, 0.05) is 12.7 Å². The second kappa shape index (κ2) is 7.73. The molecule has 1 N–H and O–H groups in total. The third kappa shape index (κ3) is 3.98. The van der Waals surface area contributed by atoms with Crippen molar-refractivity contribution in [3.63, 3.8) is 0 Å². The van der Waals surface area contributed by atoms with Gasteiger partial charge in [-0.1, -0.05) is 5.21 Å². The van der Waals surface area contributed by atoms with Crippen molar-refractivity contribution in [1.82, 2.24) is 20.3 Å². The van der Waals surface area contributed by atoms with E-state index >= 15 is 0 Å². The molecule has 11 heteroatoms. The van der Waals surface area contributed by atoms with E-state index in [4.69, 9.17) is 14.2 Å². The number of nitrogens with zero attached hydrogens (tertiary/aromatic N) is 3. The van der Waals surface area contributed by atoms with Gasteiger partial charge >= 0.3 is 6.18 Å². The minimum absolute atomic E-state index is 0.136. The summed E-state index contributed by atoms with van der Waals surface area (Å²) in [6.07, 6.45) is -3.38. The molecule has 4 rings (SSSR count). The maximum Gasteiger partial charge on any atom is 0.416 e. The van der Waals surface area contributed by atoms with Gasteiger partial charge in [-0.25, -0.2) is 4.68 Å². The molecule has 0 radical (unpaired) electrons. The molecule has 8 nitrogen and oxygen atoms in total. The Morgan fingerprint density at radius 1 is 1.24 bits per heavy atom. The van der Waals surface area contributed by atoms with Crippen LogP contribution < -0.4 is 5.32 Å². The summed E-state index contributed by atoms with van der Waals surface area (Å²) in [6, 6.07) is 3.46. The molecule has 1 aromatic heterocycles. The van der Waals surface area contributed by atoms with Crippen LogP contribution in [0.1, 0.15) is 27.7 Å². The minimum atomic E-state index is -4.45. The van der Waals surface area contributed by atoms with Crippen LogP contribution in [-0.2, 0) is 27.0 Å². The zero-order valence-electron chi connectivity index (χ0n) is 15.4. The number of hydrogen-bond acceptors (Lipinski definition) is 6.